The number of hydrogen-bond acceptors (Lipinski definition) is 4. The quantitative estimate of drug-likeness (QED) is 0.745. The number of aliphatic hydroxyl groups excluding tert-OH is 1. The monoisotopic (exact) mass is 343 g/mol. The van der Waals surface area contributed by atoms with E-state index in [1.54, 1.807) is 18.2 Å². The third-order valence-electron chi connectivity index (χ3n) is 3.87. The minimum atomic E-state index is -0.0882. The molecule has 0 fully saturated rings. The second-order valence-electron chi connectivity index (χ2n) is 5.65. The van der Waals surface area contributed by atoms with Crippen LogP contribution in [0.25, 0.3) is 11.0 Å². The molecule has 0 saturated carbocycles. The fourth-order valence-electron chi connectivity index (χ4n) is 2.69. The fraction of sp³-hybridized carbons (Fsp3) is 0.211. The van der Waals surface area contributed by atoms with Crippen molar-refractivity contribution in [3.05, 3.63) is 81.2 Å². The van der Waals surface area contributed by atoms with Crippen molar-refractivity contribution in [2.75, 3.05) is 13.2 Å². The third-order valence-corrected chi connectivity index (χ3v) is 4.10. The molecule has 24 heavy (non-hydrogen) atoms. The van der Waals surface area contributed by atoms with E-state index in [2.05, 4.69) is 0 Å². The maximum absolute atomic E-state index is 12.7. The molecule has 0 unspecified atom stereocenters. The van der Waals surface area contributed by atoms with Crippen molar-refractivity contribution in [3.63, 3.8) is 0 Å². The summed E-state index contributed by atoms with van der Waals surface area (Å²) in [6, 6.07) is 15.0. The second kappa shape index (κ2) is 7.62. The van der Waals surface area contributed by atoms with Crippen LogP contribution in [-0.4, -0.2) is 23.2 Å². The summed E-state index contributed by atoms with van der Waals surface area (Å²) >= 11 is 5.98. The van der Waals surface area contributed by atoms with Crippen LogP contribution in [0, 0.1) is 0 Å². The minimum absolute atomic E-state index is 0.0254. The van der Waals surface area contributed by atoms with Gasteiger partial charge < -0.3 is 9.52 Å². The van der Waals surface area contributed by atoms with E-state index >= 15 is 0 Å². The highest BCUT2D eigenvalue weighted by molar-refractivity contribution is 6.31. The van der Waals surface area contributed by atoms with Gasteiger partial charge in [0.2, 0.25) is 0 Å². The Labute approximate surface area is 144 Å². The minimum Gasteiger partial charge on any atom is -0.464 e. The number of rotatable bonds is 6. The average Bonchev–Trinajstić information content (AvgIpc) is 2.59. The van der Waals surface area contributed by atoms with Gasteiger partial charge in [0.1, 0.15) is 5.58 Å². The summed E-state index contributed by atoms with van der Waals surface area (Å²) in [7, 11) is 0. The summed E-state index contributed by atoms with van der Waals surface area (Å²) < 4.78 is 5.56. The Morgan fingerprint density at radius 2 is 1.88 bits per heavy atom. The zero-order chi connectivity index (χ0) is 16.9. The summed E-state index contributed by atoms with van der Waals surface area (Å²) in [5.74, 6) is 0. The number of aliphatic hydroxyl groups is 1. The van der Waals surface area contributed by atoms with E-state index in [9.17, 15) is 9.90 Å². The summed E-state index contributed by atoms with van der Waals surface area (Å²) in [4.78, 5) is 14.7. The molecular weight excluding hydrogens is 326 g/mol. The van der Waals surface area contributed by atoms with E-state index < -0.39 is 0 Å². The average molecular weight is 344 g/mol. The lowest BCUT2D eigenvalue weighted by molar-refractivity contribution is 0.183. The highest BCUT2D eigenvalue weighted by atomic mass is 35.5. The standard InChI is InChI=1S/C19H18ClNO3/c20-16-6-7-18-17(10-16)19(23)15(13-24-18)12-21(8-9-22)11-14-4-2-1-3-5-14/h1-7,10,13,22H,8-9,11-12H2. The lowest BCUT2D eigenvalue weighted by Gasteiger charge is -2.21. The Hall–Kier alpha value is -2.14. The molecule has 0 radical (unpaired) electrons. The SMILES string of the molecule is O=c1c(CN(CCO)Cc2ccccc2)coc2ccc(Cl)cc12. The van der Waals surface area contributed by atoms with Crippen LogP contribution in [0.1, 0.15) is 11.1 Å². The normalized spacial score (nSPS) is 11.3. The Morgan fingerprint density at radius 1 is 1.08 bits per heavy atom. The summed E-state index contributed by atoms with van der Waals surface area (Å²) in [6.07, 6.45) is 1.49. The maximum Gasteiger partial charge on any atom is 0.197 e. The molecule has 124 valence electrons. The molecule has 0 saturated heterocycles. The predicted molar refractivity (Wildman–Crippen MR) is 95.1 cm³/mol. The van der Waals surface area contributed by atoms with E-state index in [-0.39, 0.29) is 12.0 Å². The Bertz CT molecular complexity index is 877. The fourth-order valence-corrected chi connectivity index (χ4v) is 2.86. The van der Waals surface area contributed by atoms with Crippen LogP contribution in [0.15, 0.2) is 64.0 Å². The van der Waals surface area contributed by atoms with Crippen LogP contribution in [-0.2, 0) is 13.1 Å². The summed E-state index contributed by atoms with van der Waals surface area (Å²) in [5.41, 5.74) is 2.10. The molecular formula is C19H18ClNO3. The van der Waals surface area contributed by atoms with E-state index in [1.807, 2.05) is 35.2 Å². The smallest absolute Gasteiger partial charge is 0.197 e. The second-order valence-corrected chi connectivity index (χ2v) is 6.09. The molecule has 0 aliphatic heterocycles. The predicted octanol–water partition coefficient (Wildman–Crippen LogP) is 3.44. The van der Waals surface area contributed by atoms with Crippen LogP contribution in [0.4, 0.5) is 0 Å². The van der Waals surface area contributed by atoms with Crippen LogP contribution < -0.4 is 5.43 Å². The van der Waals surface area contributed by atoms with Gasteiger partial charge in [-0.3, -0.25) is 9.69 Å². The molecule has 0 amide bonds. The number of nitrogens with zero attached hydrogens (tertiary/aromatic N) is 1. The van der Waals surface area contributed by atoms with Gasteiger partial charge in [0.05, 0.1) is 18.3 Å². The molecule has 5 heteroatoms. The molecule has 0 bridgehead atoms. The summed E-state index contributed by atoms with van der Waals surface area (Å²) in [5, 5.41) is 10.3. The number of hydrogen-bond donors (Lipinski definition) is 1. The highest BCUT2D eigenvalue weighted by Gasteiger charge is 2.12. The Morgan fingerprint density at radius 3 is 2.62 bits per heavy atom. The van der Waals surface area contributed by atoms with Crippen molar-refractivity contribution in [1.29, 1.82) is 0 Å². The van der Waals surface area contributed by atoms with Gasteiger partial charge in [-0.1, -0.05) is 41.9 Å². The van der Waals surface area contributed by atoms with E-state index in [1.165, 1.54) is 6.26 Å². The lowest BCUT2D eigenvalue weighted by atomic mass is 10.1. The van der Waals surface area contributed by atoms with E-state index in [4.69, 9.17) is 16.0 Å². The largest absolute Gasteiger partial charge is 0.464 e. The molecule has 4 nitrogen and oxygen atoms in total. The van der Waals surface area contributed by atoms with Crippen LogP contribution in [0.5, 0.6) is 0 Å². The van der Waals surface area contributed by atoms with Gasteiger partial charge in [-0.05, 0) is 23.8 Å². The summed E-state index contributed by atoms with van der Waals surface area (Å²) in [6.45, 7) is 1.55. The van der Waals surface area contributed by atoms with Crippen molar-refractivity contribution < 1.29 is 9.52 Å². The van der Waals surface area contributed by atoms with E-state index in [0.29, 0.717) is 41.2 Å². The molecule has 0 spiro atoms. The molecule has 0 atom stereocenters. The first kappa shape index (κ1) is 16.7. The first-order chi connectivity index (χ1) is 11.7. The van der Waals surface area contributed by atoms with Gasteiger partial charge >= 0.3 is 0 Å². The zero-order valence-electron chi connectivity index (χ0n) is 13.1. The molecule has 0 aliphatic carbocycles. The zero-order valence-corrected chi connectivity index (χ0v) is 13.9. The Kier molecular flexibility index (Phi) is 5.30. The van der Waals surface area contributed by atoms with Gasteiger partial charge in [0, 0.05) is 30.2 Å². The first-order valence-corrected chi connectivity index (χ1v) is 8.12. The van der Waals surface area contributed by atoms with Gasteiger partial charge in [-0.2, -0.15) is 0 Å². The molecule has 1 heterocycles. The van der Waals surface area contributed by atoms with Crippen LogP contribution in [0.3, 0.4) is 0 Å². The van der Waals surface area contributed by atoms with Gasteiger partial charge in [0.25, 0.3) is 0 Å². The molecule has 1 N–H and O–H groups in total. The third kappa shape index (κ3) is 3.85. The topological polar surface area (TPSA) is 53.7 Å². The van der Waals surface area contributed by atoms with Gasteiger partial charge in [-0.25, -0.2) is 0 Å². The maximum atomic E-state index is 12.7. The Balaban J connectivity index is 1.88. The molecule has 3 aromatic rings. The van der Waals surface area contributed by atoms with Crippen molar-refractivity contribution in [3.8, 4) is 0 Å². The highest BCUT2D eigenvalue weighted by Crippen LogP contribution is 2.18. The van der Waals surface area contributed by atoms with Gasteiger partial charge in [-0.15, -0.1) is 0 Å². The van der Waals surface area contributed by atoms with Crippen molar-refractivity contribution >= 4 is 22.6 Å². The van der Waals surface area contributed by atoms with Crippen molar-refractivity contribution in [2.45, 2.75) is 13.1 Å². The van der Waals surface area contributed by atoms with Crippen LogP contribution >= 0.6 is 11.6 Å². The van der Waals surface area contributed by atoms with Crippen molar-refractivity contribution in [2.24, 2.45) is 0 Å². The molecule has 1 aromatic heterocycles. The number of halogens is 1. The number of benzene rings is 2. The van der Waals surface area contributed by atoms with E-state index in [0.717, 1.165) is 5.56 Å². The molecule has 3 rings (SSSR count). The van der Waals surface area contributed by atoms with Crippen molar-refractivity contribution in [1.82, 2.24) is 4.90 Å². The molecule has 0 aliphatic rings. The van der Waals surface area contributed by atoms with Gasteiger partial charge in [0.15, 0.2) is 5.43 Å². The first-order valence-electron chi connectivity index (χ1n) is 7.74. The molecule has 2 aromatic carbocycles. The van der Waals surface area contributed by atoms with Crippen LogP contribution in [0.2, 0.25) is 5.02 Å². The lowest BCUT2D eigenvalue weighted by Crippen LogP contribution is -2.28. The number of fused-ring (bicyclic) bond motifs is 1.